The highest BCUT2D eigenvalue weighted by Gasteiger charge is 2.16. The van der Waals surface area contributed by atoms with Crippen molar-refractivity contribution in [2.75, 3.05) is 20.1 Å². The maximum atomic E-state index is 12.1. The molecule has 20 heavy (non-hydrogen) atoms. The Labute approximate surface area is 130 Å². The number of carbonyl (C=O) groups is 1. The summed E-state index contributed by atoms with van der Waals surface area (Å²) in [6, 6.07) is 7.67. The van der Waals surface area contributed by atoms with E-state index in [1.807, 2.05) is 24.3 Å². The zero-order valence-electron chi connectivity index (χ0n) is 12.3. The Hall–Kier alpha value is -0.670. The average molecular weight is 338 g/mol. The molecule has 1 aliphatic carbocycles. The summed E-state index contributed by atoms with van der Waals surface area (Å²) in [7, 11) is 2.14. The van der Waals surface area contributed by atoms with E-state index in [2.05, 4.69) is 27.9 Å². The van der Waals surface area contributed by atoms with Crippen LogP contribution in [0.25, 0.3) is 0 Å². The fourth-order valence-electron chi connectivity index (χ4n) is 3.00. The molecule has 0 spiro atoms. The van der Waals surface area contributed by atoms with Crippen LogP contribution in [0.4, 0.5) is 0 Å². The standard InChI is InChI=1S/C17H24BrNO/c1-19(13-14-6-3-2-4-7-14)11-10-17(20)15-8-5-9-16(18)12-15/h5,8-9,12,14H,2-4,6-7,10-11,13H2,1H3. The molecule has 2 nitrogen and oxygen atoms in total. The van der Waals surface area contributed by atoms with Crippen molar-refractivity contribution < 1.29 is 4.79 Å². The van der Waals surface area contributed by atoms with Gasteiger partial charge in [-0.2, -0.15) is 0 Å². The van der Waals surface area contributed by atoms with E-state index in [1.165, 1.54) is 32.1 Å². The molecule has 0 atom stereocenters. The van der Waals surface area contributed by atoms with E-state index in [1.54, 1.807) is 0 Å². The van der Waals surface area contributed by atoms with Crippen LogP contribution >= 0.6 is 15.9 Å². The fourth-order valence-corrected chi connectivity index (χ4v) is 3.40. The van der Waals surface area contributed by atoms with Gasteiger partial charge in [-0.1, -0.05) is 47.3 Å². The normalized spacial score (nSPS) is 16.6. The van der Waals surface area contributed by atoms with E-state index in [4.69, 9.17) is 0 Å². The number of nitrogens with zero attached hydrogens (tertiary/aromatic N) is 1. The van der Waals surface area contributed by atoms with E-state index < -0.39 is 0 Å². The molecule has 0 amide bonds. The molecule has 1 saturated carbocycles. The highest BCUT2D eigenvalue weighted by Crippen LogP contribution is 2.24. The second kappa shape index (κ2) is 7.94. The Morgan fingerprint density at radius 2 is 2.05 bits per heavy atom. The minimum absolute atomic E-state index is 0.238. The van der Waals surface area contributed by atoms with Crippen molar-refractivity contribution in [2.24, 2.45) is 5.92 Å². The fraction of sp³-hybridized carbons (Fsp3) is 0.588. The Balaban J connectivity index is 1.75. The molecule has 0 heterocycles. The van der Waals surface area contributed by atoms with Gasteiger partial charge in [-0.15, -0.1) is 0 Å². The van der Waals surface area contributed by atoms with E-state index in [0.29, 0.717) is 6.42 Å². The van der Waals surface area contributed by atoms with Gasteiger partial charge in [0.15, 0.2) is 5.78 Å². The topological polar surface area (TPSA) is 20.3 Å². The van der Waals surface area contributed by atoms with Crippen molar-refractivity contribution in [3.63, 3.8) is 0 Å². The Morgan fingerprint density at radius 3 is 2.75 bits per heavy atom. The predicted octanol–water partition coefficient (Wildman–Crippen LogP) is 4.53. The summed E-state index contributed by atoms with van der Waals surface area (Å²) in [6.45, 7) is 2.01. The quantitative estimate of drug-likeness (QED) is 0.710. The summed E-state index contributed by atoms with van der Waals surface area (Å²) in [6.07, 6.45) is 7.51. The second-order valence-corrected chi connectivity index (χ2v) is 6.87. The highest BCUT2D eigenvalue weighted by molar-refractivity contribution is 9.10. The van der Waals surface area contributed by atoms with Gasteiger partial charge >= 0.3 is 0 Å². The van der Waals surface area contributed by atoms with Gasteiger partial charge in [-0.25, -0.2) is 0 Å². The van der Waals surface area contributed by atoms with Gasteiger partial charge in [0.05, 0.1) is 0 Å². The Kier molecular flexibility index (Phi) is 6.24. The SMILES string of the molecule is CN(CCC(=O)c1cccc(Br)c1)CC1CCCCC1. The molecule has 2 rings (SSSR count). The van der Waals surface area contributed by atoms with Crippen LogP contribution < -0.4 is 0 Å². The Morgan fingerprint density at radius 1 is 1.30 bits per heavy atom. The summed E-state index contributed by atoms with van der Waals surface area (Å²) in [5, 5.41) is 0. The number of Topliss-reactive ketones (excluding diaryl/α,β-unsaturated/α-hetero) is 1. The molecule has 110 valence electrons. The van der Waals surface area contributed by atoms with Gasteiger partial charge < -0.3 is 4.90 Å². The molecule has 1 aliphatic rings. The van der Waals surface area contributed by atoms with Crippen LogP contribution in [0, 0.1) is 5.92 Å². The van der Waals surface area contributed by atoms with Gasteiger partial charge in [0.25, 0.3) is 0 Å². The van der Waals surface area contributed by atoms with Crippen LogP contribution in [0.1, 0.15) is 48.9 Å². The van der Waals surface area contributed by atoms with Crippen LogP contribution in [0.5, 0.6) is 0 Å². The third-order valence-electron chi connectivity index (χ3n) is 4.16. The number of halogens is 1. The summed E-state index contributed by atoms with van der Waals surface area (Å²) < 4.78 is 0.971. The van der Waals surface area contributed by atoms with Crippen LogP contribution in [-0.2, 0) is 0 Å². The summed E-state index contributed by atoms with van der Waals surface area (Å²) >= 11 is 3.41. The van der Waals surface area contributed by atoms with E-state index >= 15 is 0 Å². The van der Waals surface area contributed by atoms with Crippen molar-refractivity contribution >= 4 is 21.7 Å². The van der Waals surface area contributed by atoms with E-state index in [9.17, 15) is 4.79 Å². The number of carbonyl (C=O) groups excluding carboxylic acids is 1. The van der Waals surface area contributed by atoms with Gasteiger partial charge in [-0.05, 0) is 37.9 Å². The second-order valence-electron chi connectivity index (χ2n) is 5.95. The number of hydrogen-bond acceptors (Lipinski definition) is 2. The lowest BCUT2D eigenvalue weighted by molar-refractivity contribution is 0.0964. The summed E-state index contributed by atoms with van der Waals surface area (Å²) in [4.78, 5) is 14.5. The summed E-state index contributed by atoms with van der Waals surface area (Å²) in [5.74, 6) is 1.08. The third kappa shape index (κ3) is 5.02. The van der Waals surface area contributed by atoms with Crippen molar-refractivity contribution in [2.45, 2.75) is 38.5 Å². The van der Waals surface area contributed by atoms with Crippen LogP contribution in [0.3, 0.4) is 0 Å². The van der Waals surface area contributed by atoms with Gasteiger partial charge in [0.2, 0.25) is 0 Å². The zero-order valence-corrected chi connectivity index (χ0v) is 13.9. The lowest BCUT2D eigenvalue weighted by atomic mass is 9.89. The molecule has 3 heteroatoms. The van der Waals surface area contributed by atoms with Crippen LogP contribution in [-0.4, -0.2) is 30.8 Å². The first-order chi connectivity index (χ1) is 9.65. The lowest BCUT2D eigenvalue weighted by Crippen LogP contribution is -2.29. The molecular weight excluding hydrogens is 314 g/mol. The minimum atomic E-state index is 0.238. The molecule has 0 unspecified atom stereocenters. The maximum Gasteiger partial charge on any atom is 0.164 e. The number of rotatable bonds is 6. The molecule has 0 bridgehead atoms. The lowest BCUT2D eigenvalue weighted by Gasteiger charge is -2.26. The number of hydrogen-bond donors (Lipinski definition) is 0. The smallest absolute Gasteiger partial charge is 0.164 e. The van der Waals surface area contributed by atoms with E-state index in [-0.39, 0.29) is 5.78 Å². The van der Waals surface area contributed by atoms with Crippen molar-refractivity contribution in [1.82, 2.24) is 4.90 Å². The molecule has 1 aromatic rings. The van der Waals surface area contributed by atoms with Crippen molar-refractivity contribution in [3.05, 3.63) is 34.3 Å². The molecule has 0 N–H and O–H groups in total. The molecule has 0 aliphatic heterocycles. The monoisotopic (exact) mass is 337 g/mol. The van der Waals surface area contributed by atoms with Crippen molar-refractivity contribution in [3.8, 4) is 0 Å². The predicted molar refractivity (Wildman–Crippen MR) is 87.2 cm³/mol. The molecule has 0 saturated heterocycles. The van der Waals surface area contributed by atoms with Crippen LogP contribution in [0.2, 0.25) is 0 Å². The first-order valence-electron chi connectivity index (χ1n) is 7.62. The largest absolute Gasteiger partial charge is 0.306 e. The third-order valence-corrected chi connectivity index (χ3v) is 4.66. The summed E-state index contributed by atoms with van der Waals surface area (Å²) in [5.41, 5.74) is 0.811. The molecule has 1 aromatic carbocycles. The van der Waals surface area contributed by atoms with Crippen molar-refractivity contribution in [1.29, 1.82) is 0 Å². The van der Waals surface area contributed by atoms with Gasteiger partial charge in [-0.3, -0.25) is 4.79 Å². The molecular formula is C17H24BrNO. The molecule has 1 fully saturated rings. The van der Waals surface area contributed by atoms with Gasteiger partial charge in [0, 0.05) is 29.5 Å². The first-order valence-corrected chi connectivity index (χ1v) is 8.42. The Bertz CT molecular complexity index is 440. The number of ketones is 1. The highest BCUT2D eigenvalue weighted by atomic mass is 79.9. The maximum absolute atomic E-state index is 12.1. The zero-order chi connectivity index (χ0) is 14.4. The number of benzene rings is 1. The molecule has 0 aromatic heterocycles. The molecule has 0 radical (unpaired) electrons. The minimum Gasteiger partial charge on any atom is -0.306 e. The first kappa shape index (κ1) is 15.7. The van der Waals surface area contributed by atoms with E-state index in [0.717, 1.165) is 29.0 Å². The van der Waals surface area contributed by atoms with Crippen LogP contribution in [0.15, 0.2) is 28.7 Å². The average Bonchev–Trinajstić information content (AvgIpc) is 2.46. The van der Waals surface area contributed by atoms with Gasteiger partial charge in [0.1, 0.15) is 0 Å².